The molecule has 0 fully saturated rings. The molecule has 0 bridgehead atoms. The van der Waals surface area contributed by atoms with Crippen molar-refractivity contribution in [2.45, 2.75) is 38.6 Å². The molecule has 0 saturated heterocycles. The molecule has 2 rings (SSSR count). The van der Waals surface area contributed by atoms with Crippen LogP contribution in [0.2, 0.25) is 0 Å². The number of nitrogens with one attached hydrogen (secondary N) is 1. The Balaban J connectivity index is 2.01. The quantitative estimate of drug-likeness (QED) is 0.703. The van der Waals surface area contributed by atoms with E-state index in [0.717, 1.165) is 31.4 Å². The van der Waals surface area contributed by atoms with Gasteiger partial charge in [-0.05, 0) is 44.3 Å². The number of allylic oxidation sites excluding steroid dienone is 3. The normalized spacial score (nSPS) is 24.5. The summed E-state index contributed by atoms with van der Waals surface area (Å²) in [5.74, 6) is -0.122. The van der Waals surface area contributed by atoms with E-state index in [-0.39, 0.29) is 12.0 Å². The molecule has 15 heavy (non-hydrogen) atoms. The van der Waals surface area contributed by atoms with Crippen LogP contribution in [0.25, 0.3) is 0 Å². The first-order valence-corrected chi connectivity index (χ1v) is 5.63. The molecule has 1 aliphatic carbocycles. The first-order chi connectivity index (χ1) is 7.31. The maximum atomic E-state index is 11.5. The van der Waals surface area contributed by atoms with Crippen LogP contribution in [0, 0.1) is 0 Å². The highest BCUT2D eigenvalue weighted by atomic mass is 16.5. The number of rotatable bonds is 2. The zero-order chi connectivity index (χ0) is 10.7. The lowest BCUT2D eigenvalue weighted by molar-refractivity contribution is -0.145. The van der Waals surface area contributed by atoms with Gasteiger partial charge in [0.1, 0.15) is 6.04 Å². The van der Waals surface area contributed by atoms with E-state index in [1.54, 1.807) is 0 Å². The second kappa shape index (κ2) is 4.51. The van der Waals surface area contributed by atoms with Crippen LogP contribution in [-0.4, -0.2) is 18.6 Å². The molecule has 1 N–H and O–H groups in total. The molecule has 0 radical (unpaired) electrons. The predicted molar refractivity (Wildman–Crippen MR) is 58.2 cm³/mol. The summed E-state index contributed by atoms with van der Waals surface area (Å²) in [4.78, 5) is 11.5. The van der Waals surface area contributed by atoms with E-state index < -0.39 is 0 Å². The van der Waals surface area contributed by atoms with Crippen molar-refractivity contribution in [1.29, 1.82) is 0 Å². The Labute approximate surface area is 90.2 Å². The van der Waals surface area contributed by atoms with Gasteiger partial charge in [0.15, 0.2) is 0 Å². The van der Waals surface area contributed by atoms with Crippen molar-refractivity contribution < 1.29 is 9.53 Å². The third kappa shape index (κ3) is 2.22. The summed E-state index contributed by atoms with van der Waals surface area (Å²) in [6, 6.07) is -0.147. The van der Waals surface area contributed by atoms with Crippen molar-refractivity contribution >= 4 is 5.97 Å². The van der Waals surface area contributed by atoms with Crippen molar-refractivity contribution in [2.24, 2.45) is 0 Å². The summed E-state index contributed by atoms with van der Waals surface area (Å²) < 4.78 is 5.01. The Hall–Kier alpha value is -1.25. The fraction of sp³-hybridized carbons (Fsp3) is 0.583. The van der Waals surface area contributed by atoms with Gasteiger partial charge in [0, 0.05) is 5.70 Å². The van der Waals surface area contributed by atoms with Crippen LogP contribution < -0.4 is 5.32 Å². The molecule has 3 heteroatoms. The highest BCUT2D eigenvalue weighted by Gasteiger charge is 2.26. The average molecular weight is 207 g/mol. The molecule has 1 heterocycles. The van der Waals surface area contributed by atoms with Gasteiger partial charge in [-0.3, -0.25) is 0 Å². The summed E-state index contributed by atoms with van der Waals surface area (Å²) in [5, 5.41) is 3.26. The van der Waals surface area contributed by atoms with Gasteiger partial charge < -0.3 is 10.1 Å². The molecule has 1 aliphatic heterocycles. The smallest absolute Gasteiger partial charge is 0.328 e. The number of carbonyl (C=O) groups is 1. The molecule has 0 aromatic rings. The lowest BCUT2D eigenvalue weighted by Crippen LogP contribution is -2.40. The monoisotopic (exact) mass is 207 g/mol. The SMILES string of the molecule is CCOC(=O)C1CCC2=C(C=CCC2)N1. The Bertz CT molecular complexity index is 318. The molecule has 3 nitrogen and oxygen atoms in total. The zero-order valence-electron chi connectivity index (χ0n) is 9.08. The van der Waals surface area contributed by atoms with Crippen molar-refractivity contribution in [1.82, 2.24) is 5.32 Å². The van der Waals surface area contributed by atoms with Gasteiger partial charge in [0.25, 0.3) is 0 Å². The van der Waals surface area contributed by atoms with Crippen molar-refractivity contribution in [2.75, 3.05) is 6.61 Å². The van der Waals surface area contributed by atoms with Crippen molar-refractivity contribution in [3.05, 3.63) is 23.4 Å². The molecule has 82 valence electrons. The first kappa shape index (κ1) is 10.3. The van der Waals surface area contributed by atoms with Crippen molar-refractivity contribution in [3.8, 4) is 0 Å². The van der Waals surface area contributed by atoms with Gasteiger partial charge >= 0.3 is 5.97 Å². The Morgan fingerprint density at radius 3 is 3.27 bits per heavy atom. The van der Waals surface area contributed by atoms with Gasteiger partial charge in [-0.1, -0.05) is 6.08 Å². The van der Waals surface area contributed by atoms with Crippen LogP contribution in [-0.2, 0) is 9.53 Å². The van der Waals surface area contributed by atoms with Crippen LogP contribution in [0.4, 0.5) is 0 Å². The van der Waals surface area contributed by atoms with E-state index in [1.165, 1.54) is 5.57 Å². The number of esters is 1. The molecular formula is C12H17NO2. The average Bonchev–Trinajstić information content (AvgIpc) is 2.29. The summed E-state index contributed by atoms with van der Waals surface area (Å²) in [6.45, 7) is 2.30. The number of carbonyl (C=O) groups excluding carboxylic acids is 1. The Morgan fingerprint density at radius 1 is 1.60 bits per heavy atom. The minimum atomic E-state index is -0.147. The lowest BCUT2D eigenvalue weighted by Gasteiger charge is -2.28. The molecule has 1 unspecified atom stereocenters. The first-order valence-electron chi connectivity index (χ1n) is 5.63. The predicted octanol–water partition coefficient (Wildman–Crippen LogP) is 1.91. The summed E-state index contributed by atoms with van der Waals surface area (Å²) in [5.41, 5.74) is 2.60. The van der Waals surface area contributed by atoms with Crippen LogP contribution in [0.15, 0.2) is 23.4 Å². The molecule has 0 amide bonds. The zero-order valence-corrected chi connectivity index (χ0v) is 9.08. The van der Waals surface area contributed by atoms with E-state index in [4.69, 9.17) is 4.74 Å². The van der Waals surface area contributed by atoms with Crippen LogP contribution in [0.1, 0.15) is 32.6 Å². The molecule has 0 spiro atoms. The number of hydrogen-bond acceptors (Lipinski definition) is 3. The van der Waals surface area contributed by atoms with Gasteiger partial charge in [0.2, 0.25) is 0 Å². The maximum absolute atomic E-state index is 11.5. The third-order valence-electron chi connectivity index (χ3n) is 2.91. The molecule has 0 saturated carbocycles. The topological polar surface area (TPSA) is 38.3 Å². The van der Waals surface area contributed by atoms with Crippen LogP contribution in [0.5, 0.6) is 0 Å². The number of hydrogen-bond donors (Lipinski definition) is 1. The Kier molecular flexibility index (Phi) is 3.09. The molecule has 1 atom stereocenters. The van der Waals surface area contributed by atoms with E-state index >= 15 is 0 Å². The number of ether oxygens (including phenoxy) is 1. The molecular weight excluding hydrogens is 190 g/mol. The summed E-state index contributed by atoms with van der Waals surface area (Å²) in [7, 11) is 0. The minimum Gasteiger partial charge on any atom is -0.464 e. The van der Waals surface area contributed by atoms with Gasteiger partial charge in [-0.25, -0.2) is 4.79 Å². The van der Waals surface area contributed by atoms with E-state index in [0.29, 0.717) is 6.61 Å². The van der Waals surface area contributed by atoms with Gasteiger partial charge in [-0.2, -0.15) is 0 Å². The maximum Gasteiger partial charge on any atom is 0.328 e. The lowest BCUT2D eigenvalue weighted by atomic mass is 9.92. The summed E-state index contributed by atoms with van der Waals surface area (Å²) >= 11 is 0. The summed E-state index contributed by atoms with van der Waals surface area (Å²) in [6.07, 6.45) is 8.39. The van der Waals surface area contributed by atoms with E-state index in [2.05, 4.69) is 17.5 Å². The molecule has 2 aliphatic rings. The third-order valence-corrected chi connectivity index (χ3v) is 2.91. The van der Waals surface area contributed by atoms with Gasteiger partial charge in [0.05, 0.1) is 6.61 Å². The fourth-order valence-electron chi connectivity index (χ4n) is 2.12. The van der Waals surface area contributed by atoms with Crippen LogP contribution in [0.3, 0.4) is 0 Å². The highest BCUT2D eigenvalue weighted by molar-refractivity contribution is 5.76. The second-order valence-electron chi connectivity index (χ2n) is 3.95. The van der Waals surface area contributed by atoms with Gasteiger partial charge in [-0.15, -0.1) is 0 Å². The van der Waals surface area contributed by atoms with E-state index in [9.17, 15) is 4.79 Å². The Morgan fingerprint density at radius 2 is 2.47 bits per heavy atom. The van der Waals surface area contributed by atoms with E-state index in [1.807, 2.05) is 6.92 Å². The second-order valence-corrected chi connectivity index (χ2v) is 3.95. The molecule has 0 aromatic heterocycles. The highest BCUT2D eigenvalue weighted by Crippen LogP contribution is 2.27. The molecule has 0 aromatic carbocycles. The largest absolute Gasteiger partial charge is 0.464 e. The fourth-order valence-corrected chi connectivity index (χ4v) is 2.12. The minimum absolute atomic E-state index is 0.122. The standard InChI is InChI=1S/C12H17NO2/c1-2-15-12(14)11-8-7-9-5-3-4-6-10(9)13-11/h4,6,11,13H,2-3,5,7-8H2,1H3. The van der Waals surface area contributed by atoms with Crippen LogP contribution >= 0.6 is 0 Å². The van der Waals surface area contributed by atoms with Crippen molar-refractivity contribution in [3.63, 3.8) is 0 Å².